The van der Waals surface area contributed by atoms with Gasteiger partial charge in [-0.1, -0.05) is 12.1 Å². The maximum absolute atomic E-state index is 12.3. The second kappa shape index (κ2) is 7.27. The topological polar surface area (TPSA) is 58.6 Å². The second-order valence-electron chi connectivity index (χ2n) is 6.09. The number of benzene rings is 2. The molecular weight excluding hydrogens is 384 g/mol. The van der Waals surface area contributed by atoms with Crippen molar-refractivity contribution in [3.8, 4) is 5.75 Å². The summed E-state index contributed by atoms with van der Waals surface area (Å²) < 4.78 is 6.29. The predicted octanol–water partition coefficient (Wildman–Crippen LogP) is 3.82. The van der Waals surface area contributed by atoms with Crippen molar-refractivity contribution in [1.29, 1.82) is 0 Å². The first-order valence-corrected chi connectivity index (χ1v) is 8.83. The Morgan fingerprint density at radius 3 is 2.68 bits per heavy atom. The minimum Gasteiger partial charge on any atom is -0.482 e. The number of hydrogen-bond acceptors (Lipinski definition) is 3. The number of aryl methyl sites for hydroxylation is 2. The predicted molar refractivity (Wildman–Crippen MR) is 101 cm³/mol. The lowest BCUT2D eigenvalue weighted by atomic mass is 10.1. The minimum absolute atomic E-state index is 0.00118. The summed E-state index contributed by atoms with van der Waals surface area (Å²) >= 11 is 3.45. The number of fused-ring (bicyclic) bond motifs is 1. The van der Waals surface area contributed by atoms with Gasteiger partial charge in [0.1, 0.15) is 5.75 Å². The number of carbonyl (C=O) groups excluding carboxylic acids is 2. The molecule has 1 aliphatic heterocycles. The summed E-state index contributed by atoms with van der Waals surface area (Å²) in [6, 6.07) is 11.4. The molecule has 0 radical (unpaired) electrons. The summed E-state index contributed by atoms with van der Waals surface area (Å²) in [4.78, 5) is 26.1. The van der Waals surface area contributed by atoms with E-state index in [1.807, 2.05) is 50.2 Å². The highest BCUT2D eigenvalue weighted by atomic mass is 79.9. The fraction of sp³-hybridized carbons (Fsp3) is 0.263. The van der Waals surface area contributed by atoms with Crippen LogP contribution in [0.15, 0.2) is 40.9 Å². The van der Waals surface area contributed by atoms with Gasteiger partial charge in [-0.3, -0.25) is 9.59 Å². The molecule has 0 bridgehead atoms. The van der Waals surface area contributed by atoms with Crippen molar-refractivity contribution in [2.24, 2.45) is 0 Å². The van der Waals surface area contributed by atoms with Gasteiger partial charge in [-0.25, -0.2) is 0 Å². The van der Waals surface area contributed by atoms with Gasteiger partial charge in [0, 0.05) is 17.4 Å². The fourth-order valence-electron chi connectivity index (χ4n) is 2.70. The molecule has 0 spiro atoms. The van der Waals surface area contributed by atoms with E-state index in [-0.39, 0.29) is 24.8 Å². The Hall–Kier alpha value is -2.34. The number of ether oxygens (including phenoxy) is 1. The Bertz CT molecular complexity index is 835. The third-order valence-corrected chi connectivity index (χ3v) is 4.67. The molecule has 0 saturated heterocycles. The van der Waals surface area contributed by atoms with Crippen molar-refractivity contribution in [2.45, 2.75) is 20.3 Å². The highest BCUT2D eigenvalue weighted by molar-refractivity contribution is 9.10. The number of nitrogens with zero attached hydrogens (tertiary/aromatic N) is 1. The van der Waals surface area contributed by atoms with Gasteiger partial charge >= 0.3 is 0 Å². The van der Waals surface area contributed by atoms with Crippen molar-refractivity contribution in [3.63, 3.8) is 0 Å². The quantitative estimate of drug-likeness (QED) is 0.845. The van der Waals surface area contributed by atoms with Gasteiger partial charge < -0.3 is 15.0 Å². The van der Waals surface area contributed by atoms with Crippen LogP contribution in [0.3, 0.4) is 0 Å². The van der Waals surface area contributed by atoms with Crippen LogP contribution in [0.25, 0.3) is 0 Å². The zero-order chi connectivity index (χ0) is 18.0. The molecule has 130 valence electrons. The van der Waals surface area contributed by atoms with E-state index in [4.69, 9.17) is 4.74 Å². The van der Waals surface area contributed by atoms with Gasteiger partial charge in [-0.15, -0.1) is 0 Å². The summed E-state index contributed by atoms with van der Waals surface area (Å²) in [5, 5.41) is 2.87. The summed E-state index contributed by atoms with van der Waals surface area (Å²) in [6.07, 6.45) is 0.208. The van der Waals surface area contributed by atoms with Crippen LogP contribution in [0.2, 0.25) is 0 Å². The van der Waals surface area contributed by atoms with Crippen molar-refractivity contribution in [3.05, 3.63) is 52.0 Å². The summed E-state index contributed by atoms with van der Waals surface area (Å²) in [6.45, 7) is 4.26. The van der Waals surface area contributed by atoms with Crippen LogP contribution < -0.4 is 15.0 Å². The number of amides is 2. The van der Waals surface area contributed by atoms with Crippen LogP contribution in [-0.2, 0) is 9.59 Å². The summed E-state index contributed by atoms with van der Waals surface area (Å²) in [7, 11) is 0. The van der Waals surface area contributed by atoms with E-state index in [1.165, 1.54) is 0 Å². The number of carbonyl (C=O) groups is 2. The van der Waals surface area contributed by atoms with E-state index in [1.54, 1.807) is 4.90 Å². The second-order valence-corrected chi connectivity index (χ2v) is 6.94. The molecule has 0 saturated carbocycles. The lowest BCUT2D eigenvalue weighted by Crippen LogP contribution is -2.40. The molecule has 0 fully saturated rings. The molecule has 1 heterocycles. The lowest BCUT2D eigenvalue weighted by molar-refractivity contribution is -0.121. The first-order valence-electron chi connectivity index (χ1n) is 8.04. The molecule has 2 aromatic carbocycles. The van der Waals surface area contributed by atoms with E-state index in [0.29, 0.717) is 12.3 Å². The smallest absolute Gasteiger partial charge is 0.265 e. The highest BCUT2D eigenvalue weighted by Gasteiger charge is 2.25. The van der Waals surface area contributed by atoms with Crippen LogP contribution in [0.5, 0.6) is 5.75 Å². The van der Waals surface area contributed by atoms with Crippen molar-refractivity contribution in [2.75, 3.05) is 23.4 Å². The van der Waals surface area contributed by atoms with Crippen LogP contribution >= 0.6 is 15.9 Å². The van der Waals surface area contributed by atoms with Crippen LogP contribution in [-0.4, -0.2) is 25.0 Å². The standard InChI is InChI=1S/C19H19BrN2O3/c1-12-3-5-15(14(20)9-12)21-18(23)7-8-22-16-10-13(2)4-6-17(16)25-11-19(22)24/h3-6,9-10H,7-8,11H2,1-2H3,(H,21,23). The first kappa shape index (κ1) is 17.5. The Kier molecular flexibility index (Phi) is 5.08. The molecule has 0 atom stereocenters. The Labute approximate surface area is 155 Å². The maximum atomic E-state index is 12.3. The van der Waals surface area contributed by atoms with E-state index in [9.17, 15) is 9.59 Å². The maximum Gasteiger partial charge on any atom is 0.265 e. The molecule has 2 aromatic rings. The van der Waals surface area contributed by atoms with Crippen LogP contribution in [0.4, 0.5) is 11.4 Å². The minimum atomic E-state index is -0.141. The van der Waals surface area contributed by atoms with E-state index >= 15 is 0 Å². The Morgan fingerprint density at radius 1 is 1.20 bits per heavy atom. The third-order valence-electron chi connectivity index (χ3n) is 4.02. The first-order chi connectivity index (χ1) is 11.9. The average molecular weight is 403 g/mol. The van der Waals surface area contributed by atoms with Gasteiger partial charge in [0.05, 0.1) is 11.4 Å². The Morgan fingerprint density at radius 2 is 1.92 bits per heavy atom. The molecule has 0 aliphatic carbocycles. The molecule has 25 heavy (non-hydrogen) atoms. The van der Waals surface area contributed by atoms with Crippen molar-refractivity contribution < 1.29 is 14.3 Å². The van der Waals surface area contributed by atoms with Crippen molar-refractivity contribution in [1.82, 2.24) is 0 Å². The lowest BCUT2D eigenvalue weighted by Gasteiger charge is -2.29. The normalized spacial score (nSPS) is 13.2. The molecular formula is C19H19BrN2O3. The van der Waals surface area contributed by atoms with Gasteiger partial charge in [0.2, 0.25) is 5.91 Å². The number of hydrogen-bond donors (Lipinski definition) is 1. The largest absolute Gasteiger partial charge is 0.482 e. The molecule has 0 unspecified atom stereocenters. The SMILES string of the molecule is Cc1ccc(NC(=O)CCN2C(=O)COc3ccc(C)cc32)c(Br)c1. The van der Waals surface area contributed by atoms with Crippen molar-refractivity contribution >= 4 is 39.1 Å². The summed E-state index contributed by atoms with van der Waals surface area (Å²) in [5.41, 5.74) is 3.59. The van der Waals surface area contributed by atoms with Crippen LogP contribution in [0, 0.1) is 13.8 Å². The zero-order valence-electron chi connectivity index (χ0n) is 14.1. The van der Waals surface area contributed by atoms with Gasteiger partial charge in [-0.2, -0.15) is 0 Å². The number of rotatable bonds is 4. The molecule has 1 aliphatic rings. The molecule has 2 amide bonds. The van der Waals surface area contributed by atoms with Crippen LogP contribution in [0.1, 0.15) is 17.5 Å². The fourth-order valence-corrected chi connectivity index (χ4v) is 3.30. The monoisotopic (exact) mass is 402 g/mol. The van der Waals surface area contributed by atoms with E-state index < -0.39 is 0 Å². The molecule has 5 nitrogen and oxygen atoms in total. The Balaban J connectivity index is 1.68. The molecule has 6 heteroatoms. The van der Waals surface area contributed by atoms with E-state index in [2.05, 4.69) is 21.2 Å². The molecule has 0 aromatic heterocycles. The number of halogens is 1. The highest BCUT2D eigenvalue weighted by Crippen LogP contribution is 2.33. The van der Waals surface area contributed by atoms with Gasteiger partial charge in [-0.05, 0) is 65.2 Å². The van der Waals surface area contributed by atoms with Gasteiger partial charge in [0.15, 0.2) is 6.61 Å². The number of anilines is 2. The molecule has 3 rings (SSSR count). The average Bonchev–Trinajstić information content (AvgIpc) is 2.56. The van der Waals surface area contributed by atoms with E-state index in [0.717, 1.165) is 27.0 Å². The van der Waals surface area contributed by atoms with Gasteiger partial charge in [0.25, 0.3) is 5.91 Å². The third kappa shape index (κ3) is 4.02. The molecule has 1 N–H and O–H groups in total. The zero-order valence-corrected chi connectivity index (χ0v) is 15.7. The summed E-state index contributed by atoms with van der Waals surface area (Å²) in [5.74, 6) is 0.396. The number of nitrogens with one attached hydrogen (secondary N) is 1.